The normalized spacial score (nSPS) is 20.7. The van der Waals surface area contributed by atoms with Crippen LogP contribution in [0.3, 0.4) is 0 Å². The summed E-state index contributed by atoms with van der Waals surface area (Å²) in [6.45, 7) is 0. The molecule has 1 unspecified atom stereocenters. The number of para-hydroxylation sites is 1. The number of nitrogens with one attached hydrogen (secondary N) is 1. The zero-order valence-electron chi connectivity index (χ0n) is 9.18. The fourth-order valence-electron chi connectivity index (χ4n) is 2.52. The summed E-state index contributed by atoms with van der Waals surface area (Å²) >= 11 is 0. The molecule has 1 atom stereocenters. The Morgan fingerprint density at radius 2 is 2.12 bits per heavy atom. The van der Waals surface area contributed by atoms with Crippen molar-refractivity contribution in [2.75, 3.05) is 0 Å². The van der Waals surface area contributed by atoms with Crippen LogP contribution in [0.15, 0.2) is 48.3 Å². The lowest BCUT2D eigenvalue weighted by atomic mass is 10.0. The number of hydrogen-bond acceptors (Lipinski definition) is 1. The van der Waals surface area contributed by atoms with Crippen LogP contribution in [0.25, 0.3) is 23.1 Å². The van der Waals surface area contributed by atoms with E-state index in [-0.39, 0.29) is 6.10 Å². The Hall–Kier alpha value is -2.22. The molecule has 1 aliphatic carbocycles. The summed E-state index contributed by atoms with van der Waals surface area (Å²) in [7, 11) is 0. The van der Waals surface area contributed by atoms with Crippen molar-refractivity contribution in [1.82, 2.24) is 4.98 Å². The maximum absolute atomic E-state index is 5.61. The van der Waals surface area contributed by atoms with E-state index in [0.717, 1.165) is 0 Å². The van der Waals surface area contributed by atoms with Crippen molar-refractivity contribution >= 4 is 23.1 Å². The molecule has 82 valence electrons. The molecule has 2 heteroatoms. The zero-order valence-corrected chi connectivity index (χ0v) is 9.18. The van der Waals surface area contributed by atoms with Gasteiger partial charge in [0.1, 0.15) is 6.10 Å². The molecule has 1 aliphatic heterocycles. The maximum atomic E-state index is 5.61. The van der Waals surface area contributed by atoms with Crippen LogP contribution in [-0.4, -0.2) is 11.1 Å². The minimum absolute atomic E-state index is 0.0618. The molecular weight excluding hydrogens is 210 g/mol. The standard InChI is InChI=1S/C15H11NO/c1-2-6-13-11(5-1)12-9-15-10(4-3-7-17-15)8-14(12)16-13/h1-9,15-16H. The molecule has 2 aliphatic rings. The number of ether oxygens (including phenoxy) is 1. The highest BCUT2D eigenvalue weighted by Gasteiger charge is 2.16. The first kappa shape index (κ1) is 8.88. The van der Waals surface area contributed by atoms with Gasteiger partial charge in [-0.3, -0.25) is 0 Å². The van der Waals surface area contributed by atoms with Crippen LogP contribution in [-0.2, 0) is 4.74 Å². The molecule has 1 N–H and O–H groups in total. The SMILES string of the molecule is C1=COC2C=c3c([nH]c4ccccc34)=CC2=C1. The van der Waals surface area contributed by atoms with E-state index < -0.39 is 0 Å². The highest BCUT2D eigenvalue weighted by molar-refractivity contribution is 5.83. The molecule has 0 saturated carbocycles. The third kappa shape index (κ3) is 1.21. The first-order chi connectivity index (χ1) is 8.42. The Bertz CT molecular complexity index is 777. The first-order valence-corrected chi connectivity index (χ1v) is 5.74. The van der Waals surface area contributed by atoms with Gasteiger partial charge in [0.2, 0.25) is 0 Å². The lowest BCUT2D eigenvalue weighted by Gasteiger charge is -2.18. The van der Waals surface area contributed by atoms with E-state index in [9.17, 15) is 0 Å². The van der Waals surface area contributed by atoms with Crippen molar-refractivity contribution < 1.29 is 4.74 Å². The minimum Gasteiger partial charge on any atom is -0.489 e. The summed E-state index contributed by atoms with van der Waals surface area (Å²) in [5.74, 6) is 0. The molecule has 17 heavy (non-hydrogen) atoms. The molecule has 2 heterocycles. The highest BCUT2D eigenvalue weighted by Crippen LogP contribution is 2.18. The van der Waals surface area contributed by atoms with Gasteiger partial charge in [0.25, 0.3) is 0 Å². The average Bonchev–Trinajstić information content (AvgIpc) is 2.73. The van der Waals surface area contributed by atoms with Crippen LogP contribution in [0.4, 0.5) is 0 Å². The molecule has 4 rings (SSSR count). The number of fused-ring (bicyclic) bond motifs is 4. The molecule has 0 spiro atoms. The number of aromatic amines is 1. The molecule has 1 aromatic carbocycles. The predicted octanol–water partition coefficient (Wildman–Crippen LogP) is 1.58. The monoisotopic (exact) mass is 221 g/mol. The van der Waals surface area contributed by atoms with E-state index in [1.165, 1.54) is 27.0 Å². The van der Waals surface area contributed by atoms with Crippen LogP contribution >= 0.6 is 0 Å². The Labute approximate surface area is 98.2 Å². The van der Waals surface area contributed by atoms with Gasteiger partial charge in [-0.2, -0.15) is 0 Å². The number of aromatic nitrogens is 1. The van der Waals surface area contributed by atoms with Gasteiger partial charge in [-0.1, -0.05) is 24.3 Å². The summed E-state index contributed by atoms with van der Waals surface area (Å²) in [6.07, 6.45) is 10.2. The van der Waals surface area contributed by atoms with Crippen molar-refractivity contribution in [2.45, 2.75) is 6.10 Å². The summed E-state index contributed by atoms with van der Waals surface area (Å²) in [5, 5.41) is 3.68. The van der Waals surface area contributed by atoms with Gasteiger partial charge < -0.3 is 9.72 Å². The summed E-state index contributed by atoms with van der Waals surface area (Å²) in [5.41, 5.74) is 2.38. The van der Waals surface area contributed by atoms with Crippen LogP contribution in [0.2, 0.25) is 0 Å². The lowest BCUT2D eigenvalue weighted by Crippen LogP contribution is -2.31. The maximum Gasteiger partial charge on any atom is 0.142 e. The van der Waals surface area contributed by atoms with Gasteiger partial charge in [0, 0.05) is 21.5 Å². The quantitative estimate of drug-likeness (QED) is 0.718. The second kappa shape index (κ2) is 3.14. The van der Waals surface area contributed by atoms with Gasteiger partial charge in [-0.05, 0) is 29.9 Å². The van der Waals surface area contributed by atoms with Gasteiger partial charge in [0.05, 0.1) is 6.26 Å². The Kier molecular flexibility index (Phi) is 1.64. The molecule has 2 aromatic rings. The van der Waals surface area contributed by atoms with Crippen LogP contribution in [0.5, 0.6) is 0 Å². The lowest BCUT2D eigenvalue weighted by molar-refractivity contribution is 0.230. The molecule has 0 amide bonds. The minimum atomic E-state index is 0.0618. The Morgan fingerprint density at radius 1 is 1.18 bits per heavy atom. The number of rotatable bonds is 0. The average molecular weight is 221 g/mol. The van der Waals surface area contributed by atoms with E-state index in [1.54, 1.807) is 6.26 Å². The molecule has 0 fully saturated rings. The number of allylic oxidation sites excluding steroid dienone is 2. The van der Waals surface area contributed by atoms with Crippen molar-refractivity contribution in [2.24, 2.45) is 0 Å². The van der Waals surface area contributed by atoms with Crippen LogP contribution in [0, 0.1) is 0 Å². The highest BCUT2D eigenvalue weighted by atomic mass is 16.5. The van der Waals surface area contributed by atoms with Gasteiger partial charge in [-0.25, -0.2) is 0 Å². The van der Waals surface area contributed by atoms with E-state index >= 15 is 0 Å². The van der Waals surface area contributed by atoms with E-state index in [4.69, 9.17) is 4.74 Å². The second-order valence-corrected chi connectivity index (χ2v) is 4.36. The molecule has 1 aromatic heterocycles. The summed E-state index contributed by atoms with van der Waals surface area (Å²) in [6, 6.07) is 8.36. The first-order valence-electron chi connectivity index (χ1n) is 5.74. The topological polar surface area (TPSA) is 25.0 Å². The second-order valence-electron chi connectivity index (χ2n) is 4.36. The third-order valence-corrected chi connectivity index (χ3v) is 3.33. The van der Waals surface area contributed by atoms with Crippen molar-refractivity contribution in [1.29, 1.82) is 0 Å². The molecule has 0 radical (unpaired) electrons. The fraction of sp³-hybridized carbons (Fsp3) is 0.0667. The van der Waals surface area contributed by atoms with Crippen molar-refractivity contribution in [3.63, 3.8) is 0 Å². The Balaban J connectivity index is 2.13. The predicted molar refractivity (Wildman–Crippen MR) is 68.6 cm³/mol. The van der Waals surface area contributed by atoms with E-state index in [0.29, 0.717) is 0 Å². The van der Waals surface area contributed by atoms with E-state index in [2.05, 4.69) is 47.5 Å². The molecule has 0 bridgehead atoms. The van der Waals surface area contributed by atoms with E-state index in [1.807, 2.05) is 6.08 Å². The summed E-state index contributed by atoms with van der Waals surface area (Å²) < 4.78 is 5.61. The van der Waals surface area contributed by atoms with Gasteiger partial charge in [0.15, 0.2) is 0 Å². The van der Waals surface area contributed by atoms with Gasteiger partial charge in [-0.15, -0.1) is 0 Å². The fourth-order valence-corrected chi connectivity index (χ4v) is 2.52. The Morgan fingerprint density at radius 3 is 3.12 bits per heavy atom. The van der Waals surface area contributed by atoms with Gasteiger partial charge >= 0.3 is 0 Å². The largest absolute Gasteiger partial charge is 0.489 e. The zero-order chi connectivity index (χ0) is 11.2. The number of H-pyrrole nitrogens is 1. The smallest absolute Gasteiger partial charge is 0.142 e. The van der Waals surface area contributed by atoms with Crippen molar-refractivity contribution in [3.05, 3.63) is 58.8 Å². The van der Waals surface area contributed by atoms with Crippen LogP contribution < -0.4 is 10.6 Å². The molecule has 2 nitrogen and oxygen atoms in total. The van der Waals surface area contributed by atoms with Crippen molar-refractivity contribution in [3.8, 4) is 0 Å². The summed E-state index contributed by atoms with van der Waals surface area (Å²) in [4.78, 5) is 3.44. The molecular formula is C15H11NO. The number of benzene rings is 1. The molecule has 0 saturated heterocycles. The van der Waals surface area contributed by atoms with Crippen LogP contribution in [0.1, 0.15) is 0 Å². The third-order valence-electron chi connectivity index (χ3n) is 3.33. The number of hydrogen-bond donors (Lipinski definition) is 1.